The minimum Gasteiger partial charge on any atom is -0.462 e. The van der Waals surface area contributed by atoms with E-state index < -0.39 is 97.5 Å². The van der Waals surface area contributed by atoms with Crippen LogP contribution >= 0.6 is 15.6 Å². The summed E-state index contributed by atoms with van der Waals surface area (Å²) in [6, 6.07) is 0. The van der Waals surface area contributed by atoms with Crippen molar-refractivity contribution in [3.63, 3.8) is 0 Å². The van der Waals surface area contributed by atoms with Crippen molar-refractivity contribution in [3.8, 4) is 0 Å². The van der Waals surface area contributed by atoms with Gasteiger partial charge in [0.25, 0.3) is 0 Å². The number of aliphatic hydroxyl groups excluding tert-OH is 1. The fourth-order valence-corrected chi connectivity index (χ4v) is 12.6. The normalized spacial score (nSPS) is 14.8. The van der Waals surface area contributed by atoms with E-state index in [9.17, 15) is 43.2 Å². The second kappa shape index (κ2) is 66.1. The van der Waals surface area contributed by atoms with E-state index in [-0.39, 0.29) is 25.7 Å². The van der Waals surface area contributed by atoms with E-state index in [1.54, 1.807) is 0 Å². The second-order valence-electron chi connectivity index (χ2n) is 27.7. The van der Waals surface area contributed by atoms with Gasteiger partial charge in [0.1, 0.15) is 19.3 Å². The predicted octanol–water partition coefficient (Wildman–Crippen LogP) is 21.7. The number of aliphatic hydroxyl groups is 1. The molecule has 3 N–H and O–H groups in total. The van der Waals surface area contributed by atoms with Crippen LogP contribution in [0, 0.1) is 17.8 Å². The number of hydrogen-bond acceptors (Lipinski definition) is 15. The van der Waals surface area contributed by atoms with Crippen LogP contribution in [0.5, 0.6) is 0 Å². The maximum absolute atomic E-state index is 13.1. The molecule has 0 heterocycles. The molecule has 17 nitrogen and oxygen atoms in total. The van der Waals surface area contributed by atoms with Gasteiger partial charge in [0, 0.05) is 25.7 Å². The van der Waals surface area contributed by atoms with Gasteiger partial charge < -0.3 is 33.8 Å². The third-order valence-electron chi connectivity index (χ3n) is 17.7. The molecule has 0 bridgehead atoms. The summed E-state index contributed by atoms with van der Waals surface area (Å²) in [6.45, 7) is 11.8. The molecule has 0 aliphatic rings. The number of rotatable bonds is 72. The molecule has 0 rings (SSSR count). The Kier molecular flexibility index (Phi) is 64.4. The summed E-state index contributed by atoms with van der Waals surface area (Å²) < 4.78 is 68.5. The lowest BCUT2D eigenvalue weighted by Gasteiger charge is -2.21. The third-order valence-corrected chi connectivity index (χ3v) is 19.6. The van der Waals surface area contributed by atoms with Crippen LogP contribution in [0.2, 0.25) is 0 Å². The number of phosphoric ester groups is 2. The van der Waals surface area contributed by atoms with Gasteiger partial charge >= 0.3 is 39.5 Å². The molecule has 0 saturated carbocycles. The van der Waals surface area contributed by atoms with Gasteiger partial charge in [-0.2, -0.15) is 0 Å². The lowest BCUT2D eigenvalue weighted by Crippen LogP contribution is -2.30. The van der Waals surface area contributed by atoms with Crippen LogP contribution < -0.4 is 0 Å². The van der Waals surface area contributed by atoms with Crippen molar-refractivity contribution in [1.29, 1.82) is 0 Å². The quantitative estimate of drug-likeness (QED) is 0.0169. The Morgan fingerprint density at radius 2 is 0.621 bits per heavy atom. The van der Waals surface area contributed by atoms with Crippen molar-refractivity contribution >= 4 is 39.5 Å². The van der Waals surface area contributed by atoms with Crippen molar-refractivity contribution in [3.05, 3.63) is 24.3 Å². The molecule has 4 unspecified atom stereocenters. The molecular formula is C76H144O17P2. The summed E-state index contributed by atoms with van der Waals surface area (Å²) in [5.74, 6) is 0.154. The number of phosphoric acid groups is 2. The van der Waals surface area contributed by atoms with Gasteiger partial charge in [-0.05, 0) is 69.1 Å². The van der Waals surface area contributed by atoms with Crippen molar-refractivity contribution in [2.75, 3.05) is 39.6 Å². The van der Waals surface area contributed by atoms with Gasteiger partial charge in [-0.25, -0.2) is 9.13 Å². The summed E-state index contributed by atoms with van der Waals surface area (Å²) in [6.07, 6.45) is 54.9. The molecule has 560 valence electrons. The summed E-state index contributed by atoms with van der Waals surface area (Å²) in [7, 11) is -9.93. The van der Waals surface area contributed by atoms with Crippen LogP contribution in [0.25, 0.3) is 0 Å². The summed E-state index contributed by atoms with van der Waals surface area (Å²) in [5, 5.41) is 10.6. The van der Waals surface area contributed by atoms with E-state index in [2.05, 4.69) is 72.8 Å². The largest absolute Gasteiger partial charge is 0.472 e. The fourth-order valence-electron chi connectivity index (χ4n) is 11.0. The molecule has 7 atom stereocenters. The van der Waals surface area contributed by atoms with Crippen LogP contribution in [0.3, 0.4) is 0 Å². The summed E-state index contributed by atoms with van der Waals surface area (Å²) in [5.41, 5.74) is 0. The number of esters is 4. The topological polar surface area (TPSA) is 237 Å². The van der Waals surface area contributed by atoms with Crippen molar-refractivity contribution in [1.82, 2.24) is 0 Å². The van der Waals surface area contributed by atoms with Crippen LogP contribution in [-0.2, 0) is 65.4 Å². The molecule has 0 aliphatic carbocycles. The molecule has 0 aliphatic heterocycles. The first kappa shape index (κ1) is 92.5. The van der Waals surface area contributed by atoms with Crippen LogP contribution in [0.4, 0.5) is 0 Å². The highest BCUT2D eigenvalue weighted by Gasteiger charge is 2.30. The zero-order chi connectivity index (χ0) is 70.1. The van der Waals surface area contributed by atoms with Gasteiger partial charge in [0.15, 0.2) is 12.2 Å². The van der Waals surface area contributed by atoms with Crippen molar-refractivity contribution in [2.45, 2.75) is 381 Å². The molecular weight excluding hydrogens is 1250 g/mol. The number of allylic oxidation sites excluding steroid dienone is 4. The number of carbonyl (C=O) groups excluding carboxylic acids is 4. The van der Waals surface area contributed by atoms with Crippen LogP contribution in [0.1, 0.15) is 363 Å². The van der Waals surface area contributed by atoms with Gasteiger partial charge in [-0.1, -0.05) is 310 Å². The van der Waals surface area contributed by atoms with E-state index in [1.807, 2.05) is 0 Å². The highest BCUT2D eigenvalue weighted by atomic mass is 31.2. The van der Waals surface area contributed by atoms with E-state index in [4.69, 9.17) is 37.0 Å². The molecule has 0 aromatic heterocycles. The average Bonchev–Trinajstić information content (AvgIpc) is 1.41. The fraction of sp³-hybridized carbons (Fsp3) is 0.895. The van der Waals surface area contributed by atoms with Crippen molar-refractivity contribution in [2.24, 2.45) is 17.8 Å². The maximum Gasteiger partial charge on any atom is 0.472 e. The monoisotopic (exact) mass is 1390 g/mol. The molecule has 0 saturated heterocycles. The number of hydrogen-bond donors (Lipinski definition) is 3. The number of unbranched alkanes of at least 4 members (excludes halogenated alkanes) is 35. The summed E-state index contributed by atoms with van der Waals surface area (Å²) in [4.78, 5) is 72.8. The Bertz CT molecular complexity index is 1950. The third kappa shape index (κ3) is 67.2. The summed E-state index contributed by atoms with van der Waals surface area (Å²) >= 11 is 0. The highest BCUT2D eigenvalue weighted by Crippen LogP contribution is 2.45. The SMILES string of the molecule is CCCCCC/C=C\C=C/CCCCCCCC(=O)O[C@H](COC(=O)CCCCCCCCC(C)CC)COP(=O)(O)OC[C@H](O)COP(=O)(O)OC[C@@H](COC(=O)CCCCCCCCCCC(C)CC)OC(=O)CCCCCCCCCCCCCCCCCC(C)C. The highest BCUT2D eigenvalue weighted by molar-refractivity contribution is 7.47. The second-order valence-corrected chi connectivity index (χ2v) is 30.6. The van der Waals surface area contributed by atoms with Gasteiger partial charge in [0.2, 0.25) is 0 Å². The Hall–Kier alpha value is -2.46. The lowest BCUT2D eigenvalue weighted by molar-refractivity contribution is -0.161. The zero-order valence-corrected chi connectivity index (χ0v) is 63.4. The van der Waals surface area contributed by atoms with Crippen molar-refractivity contribution < 1.29 is 80.2 Å². The Morgan fingerprint density at radius 1 is 0.347 bits per heavy atom. The minimum absolute atomic E-state index is 0.0838. The first-order valence-corrected chi connectivity index (χ1v) is 41.7. The van der Waals surface area contributed by atoms with Crippen LogP contribution in [-0.4, -0.2) is 96.7 Å². The van der Waals surface area contributed by atoms with Gasteiger partial charge in [-0.15, -0.1) is 0 Å². The van der Waals surface area contributed by atoms with E-state index in [0.29, 0.717) is 25.7 Å². The average molecular weight is 1390 g/mol. The Morgan fingerprint density at radius 3 is 0.937 bits per heavy atom. The molecule has 95 heavy (non-hydrogen) atoms. The Balaban J connectivity index is 5.28. The predicted molar refractivity (Wildman–Crippen MR) is 386 cm³/mol. The maximum atomic E-state index is 13.1. The minimum atomic E-state index is -4.96. The van der Waals surface area contributed by atoms with E-state index >= 15 is 0 Å². The zero-order valence-electron chi connectivity index (χ0n) is 61.6. The van der Waals surface area contributed by atoms with E-state index in [0.717, 1.165) is 127 Å². The first-order chi connectivity index (χ1) is 45.8. The number of carbonyl (C=O) groups is 4. The standard InChI is InChI=1S/C76H144O17P2/c1-8-11-12-13-14-15-16-17-19-23-26-29-36-45-52-60-76(81)93-72(64-87-74(79)58-51-44-39-38-42-49-56-69(7)10-3)66-91-95(84,85)89-62-70(77)61-88-94(82,83)90-65-71(63-86-73(78)57-50-43-35-32-31-34-41-48-55-68(6)9-2)92-75(80)59-53-46-37-30-27-24-21-18-20-22-25-28-33-40-47-54-67(4)5/h15-17,19,67-72,77H,8-14,18,20-66H2,1-7H3,(H,82,83)(H,84,85)/b16-15-,19-17-/t68?,69?,70-,71-,72-/m1/s1. The first-order valence-electron chi connectivity index (χ1n) is 38.7. The molecule has 0 aromatic carbocycles. The molecule has 0 spiro atoms. The molecule has 0 fully saturated rings. The smallest absolute Gasteiger partial charge is 0.462 e. The lowest BCUT2D eigenvalue weighted by atomic mass is 9.99. The molecule has 19 heteroatoms. The van der Waals surface area contributed by atoms with Gasteiger partial charge in [-0.3, -0.25) is 37.3 Å². The van der Waals surface area contributed by atoms with E-state index in [1.165, 1.54) is 154 Å². The van der Waals surface area contributed by atoms with Crippen LogP contribution in [0.15, 0.2) is 24.3 Å². The number of ether oxygens (including phenoxy) is 4. The molecule has 0 amide bonds. The van der Waals surface area contributed by atoms with Gasteiger partial charge in [0.05, 0.1) is 26.4 Å². The molecule has 0 aromatic rings. The molecule has 0 radical (unpaired) electrons. The Labute approximate surface area is 580 Å².